The molecule has 35 heavy (non-hydrogen) atoms. The average Bonchev–Trinajstić information content (AvgIpc) is 2.81. The van der Waals surface area contributed by atoms with Gasteiger partial charge in [-0.1, -0.05) is 22.9 Å². The van der Waals surface area contributed by atoms with E-state index in [2.05, 4.69) is 41.9 Å². The number of hydrogen-bond acceptors (Lipinski definition) is 7. The fraction of sp³-hybridized carbons (Fsp3) is 0.391. The maximum Gasteiger partial charge on any atom is 0.416 e. The third-order valence-corrected chi connectivity index (χ3v) is 5.82. The Labute approximate surface area is 208 Å². The number of benzene rings is 1. The van der Waals surface area contributed by atoms with Crippen LogP contribution in [0.5, 0.6) is 0 Å². The highest BCUT2D eigenvalue weighted by atomic mass is 79.9. The maximum absolute atomic E-state index is 13.2. The second kappa shape index (κ2) is 11.6. The number of halogens is 4. The molecule has 8 nitrogen and oxygen atoms in total. The summed E-state index contributed by atoms with van der Waals surface area (Å²) < 4.78 is 39.8. The van der Waals surface area contributed by atoms with Crippen molar-refractivity contribution in [2.45, 2.75) is 38.0 Å². The van der Waals surface area contributed by atoms with Crippen molar-refractivity contribution < 1.29 is 27.9 Å². The van der Waals surface area contributed by atoms with Gasteiger partial charge in [-0.25, -0.2) is 0 Å². The molecular formula is C23H25BrF3N5O3. The van der Waals surface area contributed by atoms with Gasteiger partial charge in [-0.3, -0.25) is 19.6 Å². The first-order chi connectivity index (χ1) is 16.5. The SMILES string of the molecule is CC[C@H](CC(=O)CNC(=O)c1cncc(NC2=NCC(O)CN2)c1)c1cc(Br)cc(C(F)(F)F)c1. The van der Waals surface area contributed by atoms with Crippen molar-refractivity contribution in [3.63, 3.8) is 0 Å². The Morgan fingerprint density at radius 3 is 2.69 bits per heavy atom. The zero-order valence-electron chi connectivity index (χ0n) is 18.8. The number of guanidine groups is 1. The van der Waals surface area contributed by atoms with E-state index in [0.29, 0.717) is 30.2 Å². The number of hydrogen-bond donors (Lipinski definition) is 4. The highest BCUT2D eigenvalue weighted by Gasteiger charge is 2.31. The number of β-amino-alcohol motifs (C(OH)–C–C–N with tert-alkyl or cyclic N) is 1. The molecule has 1 aromatic heterocycles. The van der Waals surface area contributed by atoms with E-state index < -0.39 is 29.7 Å². The lowest BCUT2D eigenvalue weighted by Gasteiger charge is -2.20. The summed E-state index contributed by atoms with van der Waals surface area (Å²) in [7, 11) is 0. The van der Waals surface area contributed by atoms with Crippen molar-refractivity contribution in [1.29, 1.82) is 0 Å². The average molecular weight is 556 g/mol. The number of aliphatic imine (C=N–C) groups is 1. The number of aliphatic hydroxyl groups is 1. The van der Waals surface area contributed by atoms with Crippen LogP contribution in [0.25, 0.3) is 0 Å². The number of carbonyl (C=O) groups excluding carboxylic acids is 2. The molecule has 1 unspecified atom stereocenters. The third-order valence-electron chi connectivity index (χ3n) is 5.36. The van der Waals surface area contributed by atoms with Crippen LogP contribution in [-0.4, -0.2) is 53.5 Å². The quantitative estimate of drug-likeness (QED) is 0.396. The van der Waals surface area contributed by atoms with E-state index in [0.717, 1.165) is 12.1 Å². The Balaban J connectivity index is 1.58. The number of Topliss-reactive ketones (excluding diaryl/α,β-unsaturated/α-hetero) is 1. The minimum Gasteiger partial charge on any atom is -0.389 e. The molecule has 1 aliphatic heterocycles. The minimum absolute atomic E-state index is 0.0122. The largest absolute Gasteiger partial charge is 0.416 e. The minimum atomic E-state index is -4.49. The lowest BCUT2D eigenvalue weighted by molar-refractivity contribution is -0.137. The summed E-state index contributed by atoms with van der Waals surface area (Å²) >= 11 is 3.11. The van der Waals surface area contributed by atoms with Crippen molar-refractivity contribution in [2.24, 2.45) is 4.99 Å². The summed E-state index contributed by atoms with van der Waals surface area (Å²) in [5, 5.41) is 17.9. The predicted octanol–water partition coefficient (Wildman–Crippen LogP) is 3.48. The van der Waals surface area contributed by atoms with Gasteiger partial charge in [-0.15, -0.1) is 0 Å². The van der Waals surface area contributed by atoms with Gasteiger partial charge in [0.1, 0.15) is 0 Å². The van der Waals surface area contributed by atoms with Crippen LogP contribution < -0.4 is 16.0 Å². The number of amides is 1. The molecule has 1 aliphatic rings. The Morgan fingerprint density at radius 1 is 1.26 bits per heavy atom. The van der Waals surface area contributed by atoms with Crippen molar-refractivity contribution in [1.82, 2.24) is 15.6 Å². The molecule has 1 aromatic carbocycles. The maximum atomic E-state index is 13.2. The number of nitrogens with one attached hydrogen (secondary N) is 3. The molecule has 12 heteroatoms. The molecule has 0 saturated heterocycles. The van der Waals surface area contributed by atoms with Gasteiger partial charge in [0.25, 0.3) is 5.91 Å². The molecule has 2 heterocycles. The van der Waals surface area contributed by atoms with Gasteiger partial charge in [-0.05, 0) is 42.2 Å². The Hall–Kier alpha value is -2.99. The normalized spacial score (nSPS) is 16.6. The first-order valence-electron chi connectivity index (χ1n) is 10.9. The molecule has 2 aromatic rings. The third kappa shape index (κ3) is 7.76. The lowest BCUT2D eigenvalue weighted by Crippen LogP contribution is -2.42. The van der Waals surface area contributed by atoms with Crippen molar-refractivity contribution >= 4 is 39.3 Å². The molecule has 2 atom stereocenters. The topological polar surface area (TPSA) is 116 Å². The highest BCUT2D eigenvalue weighted by Crippen LogP contribution is 2.35. The summed E-state index contributed by atoms with van der Waals surface area (Å²) in [5.41, 5.74) is 0.331. The van der Waals surface area contributed by atoms with Crippen LogP contribution in [0, 0.1) is 0 Å². The van der Waals surface area contributed by atoms with E-state index in [1.165, 1.54) is 18.5 Å². The van der Waals surface area contributed by atoms with E-state index in [1.807, 2.05) is 0 Å². The monoisotopic (exact) mass is 555 g/mol. The highest BCUT2D eigenvalue weighted by molar-refractivity contribution is 9.10. The van der Waals surface area contributed by atoms with E-state index in [-0.39, 0.29) is 35.3 Å². The van der Waals surface area contributed by atoms with Gasteiger partial charge in [-0.2, -0.15) is 13.2 Å². The van der Waals surface area contributed by atoms with Gasteiger partial charge in [0.2, 0.25) is 0 Å². The number of rotatable bonds is 8. The fourth-order valence-corrected chi connectivity index (χ4v) is 4.03. The first kappa shape index (κ1) is 26.6. The molecule has 0 saturated carbocycles. The summed E-state index contributed by atoms with van der Waals surface area (Å²) in [4.78, 5) is 33.2. The summed E-state index contributed by atoms with van der Waals surface area (Å²) in [6.45, 7) is 2.12. The number of ketones is 1. The standard InChI is InChI=1S/C23H25BrF3N5O3/c1-2-13(14-3-16(23(25,26)27)7-17(24)4-14)6-19(33)10-29-21(35)15-5-18(9-28-8-15)32-22-30-11-20(34)12-31-22/h3-5,7-9,13,20,34H,2,6,10-12H2,1H3,(H,29,35)(H2,30,31,32)/t13-/m1/s1. The van der Waals surface area contributed by atoms with Gasteiger partial charge in [0.15, 0.2) is 11.7 Å². The van der Waals surface area contributed by atoms with Crippen LogP contribution in [-0.2, 0) is 11.0 Å². The summed E-state index contributed by atoms with van der Waals surface area (Å²) in [6.07, 6.45) is -1.76. The van der Waals surface area contributed by atoms with Crippen LogP contribution in [0.4, 0.5) is 18.9 Å². The molecule has 0 aliphatic carbocycles. The van der Waals surface area contributed by atoms with Gasteiger partial charge in [0.05, 0.1) is 42.2 Å². The molecule has 3 rings (SSSR count). The van der Waals surface area contributed by atoms with Gasteiger partial charge < -0.3 is 21.1 Å². The number of pyridine rings is 1. The van der Waals surface area contributed by atoms with E-state index in [9.17, 15) is 27.9 Å². The number of alkyl halides is 3. The molecule has 0 spiro atoms. The molecule has 4 N–H and O–H groups in total. The summed E-state index contributed by atoms with van der Waals surface area (Å²) in [5.74, 6) is -0.801. The Morgan fingerprint density at radius 2 is 2.03 bits per heavy atom. The Bertz CT molecular complexity index is 1110. The zero-order valence-corrected chi connectivity index (χ0v) is 20.4. The Kier molecular flexibility index (Phi) is 8.84. The second-order valence-electron chi connectivity index (χ2n) is 8.11. The van der Waals surface area contributed by atoms with Crippen LogP contribution in [0.2, 0.25) is 0 Å². The predicted molar refractivity (Wildman–Crippen MR) is 128 cm³/mol. The van der Waals surface area contributed by atoms with E-state index in [4.69, 9.17) is 0 Å². The summed E-state index contributed by atoms with van der Waals surface area (Å²) in [6, 6.07) is 5.17. The van der Waals surface area contributed by atoms with Crippen LogP contribution >= 0.6 is 15.9 Å². The number of aromatic nitrogens is 1. The van der Waals surface area contributed by atoms with Crippen molar-refractivity contribution in [3.05, 3.63) is 57.8 Å². The van der Waals surface area contributed by atoms with Crippen LogP contribution in [0.3, 0.4) is 0 Å². The molecule has 188 valence electrons. The van der Waals surface area contributed by atoms with Gasteiger partial charge >= 0.3 is 6.18 Å². The molecular weight excluding hydrogens is 531 g/mol. The zero-order chi connectivity index (χ0) is 25.6. The fourth-order valence-electron chi connectivity index (χ4n) is 3.52. The van der Waals surface area contributed by atoms with Crippen LogP contribution in [0.15, 0.2) is 46.1 Å². The number of nitrogens with zero attached hydrogens (tertiary/aromatic N) is 2. The number of carbonyl (C=O) groups is 2. The van der Waals surface area contributed by atoms with E-state index >= 15 is 0 Å². The first-order valence-corrected chi connectivity index (χ1v) is 11.7. The number of aliphatic hydroxyl groups excluding tert-OH is 1. The molecule has 0 bridgehead atoms. The van der Waals surface area contributed by atoms with Gasteiger partial charge in [0, 0.05) is 23.6 Å². The van der Waals surface area contributed by atoms with E-state index in [1.54, 1.807) is 13.0 Å². The smallest absolute Gasteiger partial charge is 0.389 e. The van der Waals surface area contributed by atoms with Crippen molar-refractivity contribution in [2.75, 3.05) is 25.0 Å². The second-order valence-corrected chi connectivity index (χ2v) is 9.03. The molecule has 0 radical (unpaired) electrons. The number of anilines is 1. The van der Waals surface area contributed by atoms with Crippen molar-refractivity contribution in [3.8, 4) is 0 Å². The van der Waals surface area contributed by atoms with Crippen LogP contribution in [0.1, 0.15) is 47.2 Å². The molecule has 0 fully saturated rings. The lowest BCUT2D eigenvalue weighted by atomic mass is 9.90. The molecule has 1 amide bonds.